The van der Waals surface area contributed by atoms with Crippen LogP contribution in [0.5, 0.6) is 0 Å². The predicted molar refractivity (Wildman–Crippen MR) is 14.8 cm³/mol. The van der Waals surface area contributed by atoms with E-state index in [1.54, 1.807) is 10.0 Å². The van der Waals surface area contributed by atoms with Crippen LogP contribution in [0.2, 0.25) is 0 Å². The van der Waals surface area contributed by atoms with Crippen LogP contribution in [0.3, 0.4) is 0 Å². The van der Waals surface area contributed by atoms with E-state index in [1.807, 2.05) is 0 Å². The largest absolute Gasteiger partial charge is 0.412 e. The maximum absolute atomic E-state index is 7.58. The molecule has 0 atom stereocenters. The van der Waals surface area contributed by atoms with Crippen LogP contribution in [0.25, 0.3) is 0 Å². The van der Waals surface area contributed by atoms with Gasteiger partial charge in [-0.3, -0.25) is 0 Å². The molecule has 0 saturated heterocycles. The predicted octanol–water partition coefficient (Wildman–Crippen LogP) is -0.796. The molecule has 0 fully saturated rings. The molecular formula is C2H2CoFeN2O. The Morgan fingerprint density at radius 3 is 1.43 bits per heavy atom. The molecule has 0 heterocycles. The van der Waals surface area contributed by atoms with E-state index in [0.29, 0.717) is 0 Å². The van der Waals surface area contributed by atoms with Gasteiger partial charge in [-0.05, 0) is 0 Å². The summed E-state index contributed by atoms with van der Waals surface area (Å²) in [7, 11) is 0. The first-order chi connectivity index (χ1) is 2.41. The Balaban J connectivity index is -0.0000000800. The van der Waals surface area contributed by atoms with Crippen molar-refractivity contribution in [2.45, 2.75) is 0 Å². The molecule has 7 heavy (non-hydrogen) atoms. The van der Waals surface area contributed by atoms with Crippen LogP contribution in [-0.2, 0) is 31.8 Å². The van der Waals surface area contributed by atoms with Gasteiger partial charge in [0.1, 0.15) is 0 Å². The Kier molecular flexibility index (Phi) is 37.7. The van der Waals surface area contributed by atoms with Crippen LogP contribution >= 0.6 is 0 Å². The quantitative estimate of drug-likeness (QED) is 0.463. The molecule has 3 nitrogen and oxygen atoms in total. The summed E-state index contributed by atoms with van der Waals surface area (Å²) >= 11 is 0.215. The summed E-state index contributed by atoms with van der Waals surface area (Å²) in [6, 6.07) is 0. The zero-order valence-electron chi connectivity index (χ0n) is 3.08. The van der Waals surface area contributed by atoms with Crippen LogP contribution in [-0.4, -0.2) is 5.48 Å². The van der Waals surface area contributed by atoms with E-state index in [0.717, 1.165) is 0 Å². The third-order valence-electron chi connectivity index (χ3n) is 0.0745. The van der Waals surface area contributed by atoms with Crippen molar-refractivity contribution in [2.75, 3.05) is 0 Å². The Bertz CT molecular complexity index is 80.8. The van der Waals surface area contributed by atoms with Crippen LogP contribution in [0.4, 0.5) is 0 Å². The van der Waals surface area contributed by atoms with Crippen molar-refractivity contribution in [2.24, 2.45) is 0 Å². The SMILES string of the molecule is N#[C][Co][C]#N.O.[Fe]. The maximum Gasteiger partial charge on any atom is 0 e. The number of nitrogens with zero attached hydrogens (tertiary/aromatic N) is 2. The van der Waals surface area contributed by atoms with E-state index < -0.39 is 0 Å². The van der Waals surface area contributed by atoms with E-state index in [-0.39, 0.29) is 37.2 Å². The smallest absolute Gasteiger partial charge is 0 e. The molecule has 0 aliphatic carbocycles. The van der Waals surface area contributed by atoms with Gasteiger partial charge in [0.25, 0.3) is 0 Å². The molecule has 0 aromatic carbocycles. The fourth-order valence-corrected chi connectivity index (χ4v) is 0.0687. The Morgan fingerprint density at radius 2 is 1.43 bits per heavy atom. The van der Waals surface area contributed by atoms with Crippen molar-refractivity contribution in [1.29, 1.82) is 10.5 Å². The van der Waals surface area contributed by atoms with Crippen molar-refractivity contribution >= 4 is 0 Å². The summed E-state index contributed by atoms with van der Waals surface area (Å²) in [5, 5.41) is 18.4. The molecule has 5 heteroatoms. The molecule has 0 aliphatic rings. The summed E-state index contributed by atoms with van der Waals surface area (Å²) in [5.41, 5.74) is 0. The molecule has 0 aliphatic heterocycles. The summed E-state index contributed by atoms with van der Waals surface area (Å²) in [6.07, 6.45) is 0. The molecule has 0 radical (unpaired) electrons. The Labute approximate surface area is 58.1 Å². The second kappa shape index (κ2) is 16.7. The first-order valence-electron chi connectivity index (χ1n) is 0.781. The summed E-state index contributed by atoms with van der Waals surface area (Å²) in [5.74, 6) is 0. The van der Waals surface area contributed by atoms with E-state index in [9.17, 15) is 0 Å². The fraction of sp³-hybridized carbons (Fsp3) is 0. The minimum atomic E-state index is 0. The summed E-state index contributed by atoms with van der Waals surface area (Å²) < 4.78 is 0. The normalized spacial score (nSPS) is 3.71. The van der Waals surface area contributed by atoms with Gasteiger partial charge < -0.3 is 5.48 Å². The molecule has 0 bridgehead atoms. The zero-order chi connectivity index (χ0) is 4.12. The minimum absolute atomic E-state index is 0. The van der Waals surface area contributed by atoms with Crippen LogP contribution in [0, 0.1) is 20.5 Å². The number of nitriles is 2. The molecular weight excluding hydrogens is 183 g/mol. The second-order valence-electron chi connectivity index (χ2n) is 0.232. The zero-order valence-corrected chi connectivity index (χ0v) is 5.23. The average Bonchev–Trinajstić information content (AvgIpc) is 1.41. The molecule has 0 unspecified atom stereocenters. The molecule has 43 valence electrons. The van der Waals surface area contributed by atoms with Crippen LogP contribution in [0.15, 0.2) is 0 Å². The van der Waals surface area contributed by atoms with Crippen molar-refractivity contribution in [1.82, 2.24) is 0 Å². The third-order valence-corrected chi connectivity index (χ3v) is 0.307. The molecule has 0 aromatic rings. The first-order valence-corrected chi connectivity index (χ1v) is 1.82. The van der Waals surface area contributed by atoms with E-state index in [1.165, 1.54) is 0 Å². The Hall–Kier alpha value is -0.0340. The van der Waals surface area contributed by atoms with Gasteiger partial charge in [0.2, 0.25) is 0 Å². The second-order valence-corrected chi connectivity index (χ2v) is 0.958. The number of hydrogen-bond acceptors (Lipinski definition) is 2. The first kappa shape index (κ1) is 15.8. The average molecular weight is 185 g/mol. The van der Waals surface area contributed by atoms with Gasteiger partial charge in [-0.25, -0.2) is 0 Å². The standard InChI is InChI=1S/2CN.Co.Fe.H2O/c2*1-2;;;/h;;;;1H2. The molecule has 0 rings (SSSR count). The van der Waals surface area contributed by atoms with Crippen molar-refractivity contribution < 1.29 is 37.2 Å². The van der Waals surface area contributed by atoms with E-state index in [2.05, 4.69) is 0 Å². The molecule has 0 aromatic heterocycles. The van der Waals surface area contributed by atoms with E-state index >= 15 is 0 Å². The Morgan fingerprint density at radius 1 is 1.14 bits per heavy atom. The molecule has 0 amide bonds. The minimum Gasteiger partial charge on any atom is -0.412 e. The number of hydrogen-bond donors (Lipinski definition) is 0. The topological polar surface area (TPSA) is 79.1 Å². The maximum atomic E-state index is 7.58. The van der Waals surface area contributed by atoms with E-state index in [4.69, 9.17) is 10.5 Å². The van der Waals surface area contributed by atoms with Gasteiger partial charge in [0.05, 0.1) is 0 Å². The van der Waals surface area contributed by atoms with Crippen molar-refractivity contribution in [3.05, 3.63) is 0 Å². The van der Waals surface area contributed by atoms with Gasteiger partial charge in [-0.1, -0.05) is 0 Å². The monoisotopic (exact) mass is 185 g/mol. The molecule has 2 N–H and O–H groups in total. The molecule has 0 spiro atoms. The number of rotatable bonds is 0. The summed E-state index contributed by atoms with van der Waals surface area (Å²) in [6.45, 7) is 0. The van der Waals surface area contributed by atoms with Gasteiger partial charge >= 0.3 is 35.2 Å². The van der Waals surface area contributed by atoms with Crippen LogP contribution < -0.4 is 0 Å². The van der Waals surface area contributed by atoms with Gasteiger partial charge in [0, 0.05) is 17.1 Å². The van der Waals surface area contributed by atoms with Gasteiger partial charge in [-0.2, -0.15) is 0 Å². The van der Waals surface area contributed by atoms with Gasteiger partial charge in [-0.15, -0.1) is 0 Å². The fourth-order valence-electron chi connectivity index (χ4n) is 0.0167. The van der Waals surface area contributed by atoms with Crippen molar-refractivity contribution in [3.8, 4) is 10.0 Å². The third kappa shape index (κ3) is 24.3. The summed E-state index contributed by atoms with van der Waals surface area (Å²) in [4.78, 5) is 0. The van der Waals surface area contributed by atoms with Gasteiger partial charge in [0.15, 0.2) is 0 Å². The molecule has 0 saturated carbocycles. The van der Waals surface area contributed by atoms with Crippen molar-refractivity contribution in [3.63, 3.8) is 0 Å². The van der Waals surface area contributed by atoms with Crippen LogP contribution in [0.1, 0.15) is 0 Å².